The SMILES string of the molecule is N[C@H]1CCCN(c2c(NC(=O)c3csc(-c4c(F)cccc4F)n3)cnc3c2CCC3O)C1. The molecule has 2 aliphatic rings. The minimum Gasteiger partial charge on any atom is -0.387 e. The Bertz CT molecular complexity index is 1200. The van der Waals surface area contributed by atoms with E-state index in [-0.39, 0.29) is 22.3 Å². The normalized spacial score (nSPS) is 20.1. The van der Waals surface area contributed by atoms with Crippen molar-refractivity contribution in [1.82, 2.24) is 9.97 Å². The van der Waals surface area contributed by atoms with E-state index >= 15 is 0 Å². The van der Waals surface area contributed by atoms with Crippen LogP contribution in [0.2, 0.25) is 0 Å². The van der Waals surface area contributed by atoms with Gasteiger partial charge in [0.05, 0.1) is 34.9 Å². The van der Waals surface area contributed by atoms with Crippen molar-refractivity contribution < 1.29 is 18.7 Å². The maximum Gasteiger partial charge on any atom is 0.275 e. The fraction of sp³-hybridized carbons (Fsp3) is 0.348. The van der Waals surface area contributed by atoms with E-state index in [1.165, 1.54) is 11.4 Å². The molecule has 1 unspecified atom stereocenters. The number of rotatable bonds is 4. The Balaban J connectivity index is 1.46. The van der Waals surface area contributed by atoms with Crippen LogP contribution in [0.25, 0.3) is 10.6 Å². The third kappa shape index (κ3) is 4.09. The van der Waals surface area contributed by atoms with E-state index in [0.29, 0.717) is 30.8 Å². The van der Waals surface area contributed by atoms with Crippen LogP contribution in [0.3, 0.4) is 0 Å². The van der Waals surface area contributed by atoms with Crippen molar-refractivity contribution in [2.45, 2.75) is 37.8 Å². The quantitative estimate of drug-likeness (QED) is 0.537. The first-order valence-corrected chi connectivity index (χ1v) is 11.7. The molecule has 172 valence electrons. The molecule has 1 fully saturated rings. The summed E-state index contributed by atoms with van der Waals surface area (Å²) in [5, 5.41) is 14.7. The number of nitrogens with zero attached hydrogens (tertiary/aromatic N) is 3. The van der Waals surface area contributed by atoms with Crippen LogP contribution in [-0.4, -0.2) is 40.1 Å². The van der Waals surface area contributed by atoms with Crippen molar-refractivity contribution in [3.8, 4) is 10.6 Å². The summed E-state index contributed by atoms with van der Waals surface area (Å²) < 4.78 is 28.2. The highest BCUT2D eigenvalue weighted by atomic mass is 32.1. The molecular weight excluding hydrogens is 448 g/mol. The van der Waals surface area contributed by atoms with Crippen LogP contribution in [0.4, 0.5) is 20.2 Å². The first-order chi connectivity index (χ1) is 15.9. The Kier molecular flexibility index (Phi) is 5.81. The number of benzene rings is 1. The van der Waals surface area contributed by atoms with Crippen LogP contribution in [0, 0.1) is 11.6 Å². The Morgan fingerprint density at radius 3 is 2.82 bits per heavy atom. The van der Waals surface area contributed by atoms with Crippen molar-refractivity contribution in [3.63, 3.8) is 0 Å². The lowest BCUT2D eigenvalue weighted by Crippen LogP contribution is -2.43. The number of aliphatic hydroxyl groups excluding tert-OH is 1. The number of piperidine rings is 1. The number of nitrogens with one attached hydrogen (secondary N) is 1. The van der Waals surface area contributed by atoms with Crippen molar-refractivity contribution in [3.05, 3.63) is 58.4 Å². The molecule has 5 rings (SSSR count). The number of anilines is 2. The molecule has 1 amide bonds. The van der Waals surface area contributed by atoms with E-state index in [0.717, 1.165) is 54.1 Å². The number of halogens is 2. The van der Waals surface area contributed by atoms with Gasteiger partial charge < -0.3 is 21.1 Å². The zero-order valence-corrected chi connectivity index (χ0v) is 18.5. The molecule has 4 N–H and O–H groups in total. The molecule has 10 heteroatoms. The minimum absolute atomic E-state index is 0.0224. The molecule has 1 saturated heterocycles. The average molecular weight is 472 g/mol. The fourth-order valence-electron chi connectivity index (χ4n) is 4.56. The zero-order chi connectivity index (χ0) is 23.1. The highest BCUT2D eigenvalue weighted by Gasteiger charge is 2.31. The fourth-order valence-corrected chi connectivity index (χ4v) is 5.40. The monoisotopic (exact) mass is 471 g/mol. The number of carbonyl (C=O) groups is 1. The van der Waals surface area contributed by atoms with E-state index in [9.17, 15) is 18.7 Å². The molecule has 1 aromatic carbocycles. The van der Waals surface area contributed by atoms with Gasteiger partial charge in [-0.1, -0.05) is 6.07 Å². The Labute approximate surface area is 193 Å². The van der Waals surface area contributed by atoms with Gasteiger partial charge in [-0.05, 0) is 37.8 Å². The van der Waals surface area contributed by atoms with Gasteiger partial charge in [-0.15, -0.1) is 11.3 Å². The van der Waals surface area contributed by atoms with Gasteiger partial charge in [0.15, 0.2) is 0 Å². The molecule has 2 aromatic heterocycles. The highest BCUT2D eigenvalue weighted by Crippen LogP contribution is 2.41. The molecule has 2 atom stereocenters. The first kappa shape index (κ1) is 21.9. The molecule has 33 heavy (non-hydrogen) atoms. The van der Waals surface area contributed by atoms with Crippen LogP contribution >= 0.6 is 11.3 Å². The molecule has 0 saturated carbocycles. The summed E-state index contributed by atoms with van der Waals surface area (Å²) in [5.41, 5.74) is 8.89. The largest absolute Gasteiger partial charge is 0.387 e. The standard InChI is InChI=1S/C23H23F2N5O2S/c24-14-4-1-5-15(25)19(14)23-29-17(11-33-23)22(32)28-16-9-27-20-13(6-7-18(20)31)21(16)30-8-2-3-12(26)10-30/h1,4-5,9,11-12,18,31H,2-3,6-8,10,26H2,(H,28,32)/t12-,18?/m0/s1. The Hall–Kier alpha value is -2.95. The topological polar surface area (TPSA) is 104 Å². The summed E-state index contributed by atoms with van der Waals surface area (Å²) in [4.78, 5) is 23.7. The number of aliphatic hydroxyl groups is 1. The van der Waals surface area contributed by atoms with Gasteiger partial charge in [0.1, 0.15) is 22.3 Å². The molecule has 0 radical (unpaired) electrons. The van der Waals surface area contributed by atoms with Gasteiger partial charge in [0.2, 0.25) is 0 Å². The number of carbonyl (C=O) groups excluding carboxylic acids is 1. The number of aromatic nitrogens is 2. The van der Waals surface area contributed by atoms with E-state index in [1.807, 2.05) is 0 Å². The summed E-state index contributed by atoms with van der Waals surface area (Å²) in [6.45, 7) is 1.43. The maximum atomic E-state index is 14.1. The molecule has 3 aromatic rings. The third-order valence-corrected chi connectivity index (χ3v) is 6.96. The van der Waals surface area contributed by atoms with Gasteiger partial charge in [-0.25, -0.2) is 13.8 Å². The lowest BCUT2D eigenvalue weighted by atomic mass is 10.0. The molecule has 1 aliphatic carbocycles. The second-order valence-corrected chi connectivity index (χ2v) is 9.23. The van der Waals surface area contributed by atoms with E-state index < -0.39 is 23.6 Å². The Morgan fingerprint density at radius 1 is 1.27 bits per heavy atom. The molecule has 1 aliphatic heterocycles. The van der Waals surface area contributed by atoms with Gasteiger partial charge in [-0.2, -0.15) is 0 Å². The number of hydrogen-bond donors (Lipinski definition) is 3. The zero-order valence-electron chi connectivity index (χ0n) is 17.7. The molecular formula is C23H23F2N5O2S. The predicted octanol–water partition coefficient (Wildman–Crippen LogP) is 3.64. The summed E-state index contributed by atoms with van der Waals surface area (Å²) in [6.07, 6.45) is 4.02. The maximum absolute atomic E-state index is 14.1. The van der Waals surface area contributed by atoms with E-state index in [1.54, 1.807) is 6.20 Å². The third-order valence-electron chi connectivity index (χ3n) is 6.10. The average Bonchev–Trinajstić information content (AvgIpc) is 3.41. The number of nitrogens with two attached hydrogens (primary N) is 1. The van der Waals surface area contributed by atoms with Crippen molar-refractivity contribution in [2.24, 2.45) is 5.73 Å². The summed E-state index contributed by atoms with van der Waals surface area (Å²) in [5.74, 6) is -1.97. The number of pyridine rings is 1. The predicted molar refractivity (Wildman–Crippen MR) is 122 cm³/mol. The van der Waals surface area contributed by atoms with Crippen molar-refractivity contribution in [1.29, 1.82) is 0 Å². The minimum atomic E-state index is -0.735. The molecule has 7 nitrogen and oxygen atoms in total. The summed E-state index contributed by atoms with van der Waals surface area (Å²) in [7, 11) is 0. The lowest BCUT2D eigenvalue weighted by molar-refractivity contribution is 0.102. The molecule has 0 spiro atoms. The van der Waals surface area contributed by atoms with Gasteiger partial charge in [0, 0.05) is 30.1 Å². The highest BCUT2D eigenvalue weighted by molar-refractivity contribution is 7.13. The first-order valence-electron chi connectivity index (χ1n) is 10.8. The molecule has 0 bridgehead atoms. The second-order valence-electron chi connectivity index (χ2n) is 8.38. The van der Waals surface area contributed by atoms with Crippen LogP contribution in [-0.2, 0) is 6.42 Å². The second kappa shape index (κ2) is 8.77. The number of hydrogen-bond acceptors (Lipinski definition) is 7. The Morgan fingerprint density at radius 2 is 2.06 bits per heavy atom. The summed E-state index contributed by atoms with van der Waals surface area (Å²) in [6, 6.07) is 3.61. The smallest absolute Gasteiger partial charge is 0.275 e. The van der Waals surface area contributed by atoms with Crippen LogP contribution in [0.1, 0.15) is 47.1 Å². The number of thiazole rings is 1. The van der Waals surface area contributed by atoms with E-state index in [4.69, 9.17) is 5.73 Å². The van der Waals surface area contributed by atoms with Gasteiger partial charge in [0.25, 0.3) is 5.91 Å². The van der Waals surface area contributed by atoms with Crippen molar-refractivity contribution in [2.75, 3.05) is 23.3 Å². The summed E-state index contributed by atoms with van der Waals surface area (Å²) >= 11 is 0.995. The van der Waals surface area contributed by atoms with Crippen molar-refractivity contribution >= 4 is 28.6 Å². The van der Waals surface area contributed by atoms with Crippen LogP contribution < -0.4 is 16.0 Å². The van der Waals surface area contributed by atoms with Crippen LogP contribution in [0.5, 0.6) is 0 Å². The van der Waals surface area contributed by atoms with Gasteiger partial charge in [-0.3, -0.25) is 9.78 Å². The van der Waals surface area contributed by atoms with Gasteiger partial charge >= 0.3 is 0 Å². The molecule has 3 heterocycles. The number of amides is 1. The lowest BCUT2D eigenvalue weighted by Gasteiger charge is -2.35. The van der Waals surface area contributed by atoms with Crippen LogP contribution in [0.15, 0.2) is 29.8 Å². The van der Waals surface area contributed by atoms with E-state index in [2.05, 4.69) is 20.2 Å². The number of fused-ring (bicyclic) bond motifs is 1.